The van der Waals surface area contributed by atoms with Gasteiger partial charge in [-0.3, -0.25) is 19.5 Å². The van der Waals surface area contributed by atoms with Gasteiger partial charge in [0.05, 0.1) is 35.1 Å². The fourth-order valence-corrected chi connectivity index (χ4v) is 6.20. The molecule has 3 heterocycles. The van der Waals surface area contributed by atoms with E-state index >= 15 is 0 Å². The van der Waals surface area contributed by atoms with Gasteiger partial charge in [-0.1, -0.05) is 17.3 Å². The second-order valence-electron chi connectivity index (χ2n) is 9.75. The highest BCUT2D eigenvalue weighted by Crippen LogP contribution is 2.56. The molecule has 2 atom stereocenters. The minimum atomic E-state index is -0.655. The number of carbonyl (C=O) groups is 2. The maximum atomic E-state index is 13.7. The zero-order valence-corrected chi connectivity index (χ0v) is 20.6. The molecule has 1 aliphatic carbocycles. The van der Waals surface area contributed by atoms with Crippen LogP contribution in [0.15, 0.2) is 47.9 Å². The van der Waals surface area contributed by atoms with Crippen molar-refractivity contribution in [2.75, 3.05) is 14.2 Å². The van der Waals surface area contributed by atoms with E-state index in [9.17, 15) is 19.8 Å². The summed E-state index contributed by atoms with van der Waals surface area (Å²) in [6.07, 6.45) is 4.13. The third kappa shape index (κ3) is 3.07. The molecule has 1 aromatic heterocycles. The molecule has 188 valence electrons. The number of aromatic nitrogens is 1. The summed E-state index contributed by atoms with van der Waals surface area (Å²) in [5.74, 6) is -1.41. The summed E-state index contributed by atoms with van der Waals surface area (Å²) in [6, 6.07) is 8.17. The van der Waals surface area contributed by atoms with E-state index < -0.39 is 23.1 Å². The van der Waals surface area contributed by atoms with Gasteiger partial charge >= 0.3 is 0 Å². The monoisotopic (exact) mass is 499 g/mol. The Morgan fingerprint density at radius 2 is 1.78 bits per heavy atom. The van der Waals surface area contributed by atoms with E-state index in [2.05, 4.69) is 15.0 Å². The summed E-state index contributed by atoms with van der Waals surface area (Å²) in [4.78, 5) is 38.8. The van der Waals surface area contributed by atoms with Crippen LogP contribution in [0.4, 0.5) is 0 Å². The molecule has 1 fully saturated rings. The largest absolute Gasteiger partial charge is 0.507 e. The Kier molecular flexibility index (Phi) is 5.10. The Labute approximate surface area is 213 Å². The topological polar surface area (TPSA) is 122 Å². The molecule has 3 aromatic rings. The molecular weight excluding hydrogens is 474 g/mol. The molecule has 0 amide bonds. The van der Waals surface area contributed by atoms with E-state index in [4.69, 9.17) is 9.57 Å². The van der Waals surface area contributed by atoms with Gasteiger partial charge in [0.25, 0.3) is 0 Å². The molecule has 6 rings (SSSR count). The first-order valence-electron chi connectivity index (χ1n) is 11.9. The third-order valence-corrected chi connectivity index (χ3v) is 7.94. The fraction of sp³-hybridized carbons (Fsp3) is 0.286. The van der Waals surface area contributed by atoms with Crippen LogP contribution in [0.1, 0.15) is 67.9 Å². The van der Waals surface area contributed by atoms with Gasteiger partial charge in [-0.05, 0) is 30.7 Å². The number of pyridine rings is 1. The zero-order valence-electron chi connectivity index (χ0n) is 20.6. The van der Waals surface area contributed by atoms with E-state index in [-0.39, 0.29) is 45.9 Å². The van der Waals surface area contributed by atoms with Crippen molar-refractivity contribution in [2.24, 2.45) is 5.16 Å². The molecule has 2 unspecified atom stereocenters. The SMILES string of the molecule is CON=C1CC2c3c(O)c4c(c(O)c3CC1(C)N2Cc1ccncc1)C(=O)c1cccc(OC)c1C4=O. The summed E-state index contributed by atoms with van der Waals surface area (Å²) < 4.78 is 5.36. The lowest BCUT2D eigenvalue weighted by Crippen LogP contribution is -2.50. The van der Waals surface area contributed by atoms with Crippen molar-refractivity contribution in [3.63, 3.8) is 0 Å². The molecule has 0 saturated carbocycles. The smallest absolute Gasteiger partial charge is 0.202 e. The predicted octanol–water partition coefficient (Wildman–Crippen LogP) is 3.54. The lowest BCUT2D eigenvalue weighted by Gasteiger charge is -2.44. The van der Waals surface area contributed by atoms with Crippen molar-refractivity contribution < 1.29 is 29.4 Å². The van der Waals surface area contributed by atoms with Crippen LogP contribution in [0.2, 0.25) is 0 Å². The first-order valence-corrected chi connectivity index (χ1v) is 11.9. The predicted molar refractivity (Wildman–Crippen MR) is 133 cm³/mol. The maximum absolute atomic E-state index is 13.7. The number of phenolic OH excluding ortho intramolecular Hbond substituents is 2. The Morgan fingerprint density at radius 1 is 1.05 bits per heavy atom. The lowest BCUT2D eigenvalue weighted by molar-refractivity contribution is 0.0960. The number of ketones is 2. The standard InChI is InChI=1S/C28H25N3O6/c1-28-12-16-20(17(11-19(28)30-37-3)31(28)13-14-7-9-29-10-8-14)26(34)23-22(25(16)33)24(32)15-5-4-6-18(36-2)21(15)27(23)35/h4-10,17,33-34H,11-13H2,1-3H3. The highest BCUT2D eigenvalue weighted by atomic mass is 16.6. The Balaban J connectivity index is 1.58. The van der Waals surface area contributed by atoms with Crippen LogP contribution in [-0.2, 0) is 17.8 Å². The van der Waals surface area contributed by atoms with E-state index in [0.717, 1.165) is 11.3 Å². The van der Waals surface area contributed by atoms with Crippen molar-refractivity contribution in [3.8, 4) is 17.2 Å². The second-order valence-corrected chi connectivity index (χ2v) is 9.75. The van der Waals surface area contributed by atoms with Crippen molar-refractivity contribution >= 4 is 17.3 Å². The van der Waals surface area contributed by atoms with Gasteiger partial charge in [-0.2, -0.15) is 0 Å². The molecule has 2 aliphatic heterocycles. The number of oxime groups is 1. The molecule has 3 aliphatic rings. The highest BCUT2D eigenvalue weighted by Gasteiger charge is 2.56. The molecule has 37 heavy (non-hydrogen) atoms. The molecule has 9 heteroatoms. The van der Waals surface area contributed by atoms with Gasteiger partial charge in [0.1, 0.15) is 24.4 Å². The number of hydrogen-bond acceptors (Lipinski definition) is 9. The normalized spacial score (nSPS) is 23.0. The Morgan fingerprint density at radius 3 is 2.49 bits per heavy atom. The number of ether oxygens (including phenoxy) is 1. The van der Waals surface area contributed by atoms with Crippen molar-refractivity contribution in [3.05, 3.63) is 81.7 Å². The summed E-state index contributed by atoms with van der Waals surface area (Å²) in [7, 11) is 2.90. The van der Waals surface area contributed by atoms with E-state index in [0.29, 0.717) is 24.1 Å². The zero-order chi connectivity index (χ0) is 26.1. The number of hydrogen-bond donors (Lipinski definition) is 2. The molecule has 9 nitrogen and oxygen atoms in total. The first-order chi connectivity index (χ1) is 17.8. The molecule has 1 saturated heterocycles. The number of rotatable bonds is 4. The van der Waals surface area contributed by atoms with Crippen LogP contribution < -0.4 is 4.74 Å². The molecule has 2 aromatic carbocycles. The minimum Gasteiger partial charge on any atom is -0.507 e. The van der Waals surface area contributed by atoms with Crippen LogP contribution in [0.5, 0.6) is 17.2 Å². The van der Waals surface area contributed by atoms with Gasteiger partial charge < -0.3 is 19.8 Å². The van der Waals surface area contributed by atoms with Gasteiger partial charge in [0.15, 0.2) is 5.78 Å². The number of carbonyl (C=O) groups excluding carboxylic acids is 2. The maximum Gasteiger partial charge on any atom is 0.202 e. The average Bonchev–Trinajstić information content (AvgIpc) is 3.06. The second kappa shape index (κ2) is 8.14. The Bertz CT molecular complexity index is 1520. The number of methoxy groups -OCH3 is 1. The van der Waals surface area contributed by atoms with Crippen molar-refractivity contribution in [1.82, 2.24) is 9.88 Å². The third-order valence-electron chi connectivity index (χ3n) is 7.94. The van der Waals surface area contributed by atoms with E-state index in [1.165, 1.54) is 20.3 Å². The van der Waals surface area contributed by atoms with Crippen LogP contribution >= 0.6 is 0 Å². The van der Waals surface area contributed by atoms with Gasteiger partial charge in [0.2, 0.25) is 5.78 Å². The average molecular weight is 500 g/mol. The number of fused-ring (bicyclic) bond motifs is 6. The molecule has 0 radical (unpaired) electrons. The molecule has 2 bridgehead atoms. The van der Waals surface area contributed by atoms with Crippen LogP contribution in [-0.4, -0.2) is 57.1 Å². The number of phenols is 2. The van der Waals surface area contributed by atoms with Crippen molar-refractivity contribution in [2.45, 2.75) is 37.9 Å². The Hall–Kier alpha value is -4.24. The van der Waals surface area contributed by atoms with Gasteiger partial charge in [0, 0.05) is 54.5 Å². The number of benzene rings is 2. The van der Waals surface area contributed by atoms with Gasteiger partial charge in [-0.15, -0.1) is 0 Å². The van der Waals surface area contributed by atoms with Gasteiger partial charge in [-0.25, -0.2) is 0 Å². The summed E-state index contributed by atoms with van der Waals surface area (Å²) in [5, 5.41) is 27.5. The number of aromatic hydroxyl groups is 2. The fourth-order valence-electron chi connectivity index (χ4n) is 6.20. The van der Waals surface area contributed by atoms with Crippen LogP contribution in [0.3, 0.4) is 0 Å². The molecular formula is C28H25N3O6. The quantitative estimate of drug-likeness (QED) is 0.323. The summed E-state index contributed by atoms with van der Waals surface area (Å²) in [6.45, 7) is 2.53. The van der Waals surface area contributed by atoms with E-state index in [1.807, 2.05) is 19.1 Å². The summed E-state index contributed by atoms with van der Waals surface area (Å²) >= 11 is 0. The lowest BCUT2D eigenvalue weighted by atomic mass is 9.76. The molecule has 2 N–H and O–H groups in total. The van der Waals surface area contributed by atoms with Crippen molar-refractivity contribution in [1.29, 1.82) is 0 Å². The van der Waals surface area contributed by atoms with Crippen LogP contribution in [0.25, 0.3) is 0 Å². The number of nitrogens with zero attached hydrogens (tertiary/aromatic N) is 3. The molecule has 0 spiro atoms. The minimum absolute atomic E-state index is 0.0829. The highest BCUT2D eigenvalue weighted by molar-refractivity contribution is 6.31. The first kappa shape index (κ1) is 23.2. The van der Waals surface area contributed by atoms with E-state index in [1.54, 1.807) is 24.5 Å². The van der Waals surface area contributed by atoms with Crippen LogP contribution in [0, 0.1) is 0 Å². The summed E-state index contributed by atoms with van der Waals surface area (Å²) in [5.41, 5.74) is 1.85.